The van der Waals surface area contributed by atoms with Crippen molar-refractivity contribution >= 4 is 17.5 Å². The van der Waals surface area contributed by atoms with Crippen molar-refractivity contribution < 1.29 is 19.2 Å². The Labute approximate surface area is 195 Å². The number of ether oxygens (including phenoxy) is 1. The minimum atomic E-state index is -0.507. The van der Waals surface area contributed by atoms with Crippen molar-refractivity contribution in [3.8, 4) is 0 Å². The molecule has 2 amide bonds. The predicted molar refractivity (Wildman–Crippen MR) is 126 cm³/mol. The second-order valence-corrected chi connectivity index (χ2v) is 7.86. The van der Waals surface area contributed by atoms with Crippen LogP contribution in [0.1, 0.15) is 49.2 Å². The fraction of sp³-hybridized carbons (Fsp3) is 0.500. The molecule has 0 radical (unpaired) electrons. The van der Waals surface area contributed by atoms with E-state index < -0.39 is 4.92 Å². The first-order valence-corrected chi connectivity index (χ1v) is 11.4. The van der Waals surface area contributed by atoms with Crippen molar-refractivity contribution in [1.29, 1.82) is 0 Å². The van der Waals surface area contributed by atoms with Crippen molar-refractivity contribution in [2.75, 3.05) is 32.8 Å². The molecule has 0 saturated carbocycles. The zero-order valence-electron chi connectivity index (χ0n) is 19.7. The Morgan fingerprint density at radius 1 is 1.06 bits per heavy atom. The molecule has 0 aliphatic carbocycles. The quantitative estimate of drug-likeness (QED) is 0.245. The summed E-state index contributed by atoms with van der Waals surface area (Å²) in [6.45, 7) is 6.42. The standard InChI is InChI=1S/C24H34N4O5/c1-4-6-15-26(18-22-9-7-14-25(22)3)23(29)19-27(16-8-17-33-5-2)24(30)20-10-12-21(13-11-20)28(31)32/h7,9-14H,4-6,8,15-19H2,1-3H3. The number of nitro benzene ring substituents is 1. The van der Waals surface area contributed by atoms with Crippen LogP contribution in [0.2, 0.25) is 0 Å². The fourth-order valence-electron chi connectivity index (χ4n) is 3.42. The Morgan fingerprint density at radius 3 is 2.33 bits per heavy atom. The van der Waals surface area contributed by atoms with Crippen LogP contribution in [0.3, 0.4) is 0 Å². The van der Waals surface area contributed by atoms with Crippen LogP contribution >= 0.6 is 0 Å². The van der Waals surface area contributed by atoms with Gasteiger partial charge in [-0.05, 0) is 44.0 Å². The first kappa shape index (κ1) is 26.1. The van der Waals surface area contributed by atoms with Gasteiger partial charge in [0.25, 0.3) is 11.6 Å². The molecule has 2 rings (SSSR count). The first-order valence-electron chi connectivity index (χ1n) is 11.4. The summed E-state index contributed by atoms with van der Waals surface area (Å²) < 4.78 is 7.37. The molecule has 0 saturated heterocycles. The van der Waals surface area contributed by atoms with Gasteiger partial charge < -0.3 is 19.1 Å². The summed E-state index contributed by atoms with van der Waals surface area (Å²) >= 11 is 0. The number of unbranched alkanes of at least 4 members (excludes halogenated alkanes) is 1. The number of hydrogen-bond donors (Lipinski definition) is 0. The maximum atomic E-state index is 13.3. The van der Waals surface area contributed by atoms with Gasteiger partial charge in [-0.3, -0.25) is 19.7 Å². The van der Waals surface area contributed by atoms with Crippen LogP contribution < -0.4 is 0 Å². The molecule has 1 aromatic heterocycles. The number of carbonyl (C=O) groups is 2. The van der Waals surface area contributed by atoms with Gasteiger partial charge in [-0.15, -0.1) is 0 Å². The Kier molecular flexibility index (Phi) is 10.6. The van der Waals surface area contributed by atoms with E-state index in [0.29, 0.717) is 44.8 Å². The highest BCUT2D eigenvalue weighted by Crippen LogP contribution is 2.15. The number of hydrogen-bond acceptors (Lipinski definition) is 5. The lowest BCUT2D eigenvalue weighted by atomic mass is 10.1. The zero-order chi connectivity index (χ0) is 24.2. The molecule has 2 aromatic rings. The topological polar surface area (TPSA) is 97.9 Å². The number of carbonyl (C=O) groups excluding carboxylic acids is 2. The fourth-order valence-corrected chi connectivity index (χ4v) is 3.42. The van der Waals surface area contributed by atoms with E-state index in [1.54, 1.807) is 4.90 Å². The minimum Gasteiger partial charge on any atom is -0.382 e. The van der Waals surface area contributed by atoms with E-state index in [9.17, 15) is 19.7 Å². The molecule has 0 bridgehead atoms. The van der Waals surface area contributed by atoms with Crippen molar-refractivity contribution in [3.05, 3.63) is 64.0 Å². The van der Waals surface area contributed by atoms with Gasteiger partial charge in [0.15, 0.2) is 0 Å². The maximum absolute atomic E-state index is 13.3. The molecular formula is C24H34N4O5. The molecule has 0 spiro atoms. The van der Waals surface area contributed by atoms with E-state index in [1.165, 1.54) is 29.2 Å². The lowest BCUT2D eigenvalue weighted by Crippen LogP contribution is -2.43. The average Bonchev–Trinajstić information content (AvgIpc) is 3.22. The van der Waals surface area contributed by atoms with Gasteiger partial charge >= 0.3 is 0 Å². The molecule has 0 N–H and O–H groups in total. The average molecular weight is 459 g/mol. The second-order valence-electron chi connectivity index (χ2n) is 7.86. The third kappa shape index (κ3) is 8.02. The van der Waals surface area contributed by atoms with E-state index in [4.69, 9.17) is 4.74 Å². The lowest BCUT2D eigenvalue weighted by Gasteiger charge is -2.28. The molecule has 0 aliphatic heterocycles. The van der Waals surface area contributed by atoms with Crippen molar-refractivity contribution in [3.63, 3.8) is 0 Å². The number of aryl methyl sites for hydroxylation is 1. The van der Waals surface area contributed by atoms with Gasteiger partial charge in [0, 0.05) is 62.9 Å². The summed E-state index contributed by atoms with van der Waals surface area (Å²) in [4.78, 5) is 40.2. The molecular weight excluding hydrogens is 424 g/mol. The van der Waals surface area contributed by atoms with E-state index in [-0.39, 0.29) is 24.0 Å². The van der Waals surface area contributed by atoms with Crippen LogP contribution in [-0.2, 0) is 23.1 Å². The summed E-state index contributed by atoms with van der Waals surface area (Å²) in [5.41, 5.74) is 1.25. The van der Waals surface area contributed by atoms with Gasteiger partial charge in [0.2, 0.25) is 5.91 Å². The number of non-ortho nitro benzene ring substituents is 1. The van der Waals surface area contributed by atoms with Gasteiger partial charge in [0.05, 0.1) is 11.5 Å². The molecule has 1 heterocycles. The lowest BCUT2D eigenvalue weighted by molar-refractivity contribution is -0.384. The molecule has 9 heteroatoms. The molecule has 0 atom stereocenters. The predicted octanol–water partition coefficient (Wildman–Crippen LogP) is 3.63. The Bertz CT molecular complexity index is 910. The Balaban J connectivity index is 2.17. The molecule has 1 aromatic carbocycles. The van der Waals surface area contributed by atoms with Crippen LogP contribution in [0, 0.1) is 10.1 Å². The third-order valence-electron chi connectivity index (χ3n) is 5.40. The van der Waals surface area contributed by atoms with Gasteiger partial charge in [0.1, 0.15) is 6.54 Å². The summed E-state index contributed by atoms with van der Waals surface area (Å²) in [7, 11) is 1.94. The minimum absolute atomic E-state index is 0.0594. The Morgan fingerprint density at radius 2 is 1.76 bits per heavy atom. The summed E-state index contributed by atoms with van der Waals surface area (Å²) in [6.07, 6.45) is 4.36. The number of nitro groups is 1. The number of aromatic nitrogens is 1. The van der Waals surface area contributed by atoms with Crippen molar-refractivity contribution in [2.24, 2.45) is 7.05 Å². The van der Waals surface area contributed by atoms with Crippen LogP contribution in [0.15, 0.2) is 42.6 Å². The summed E-state index contributed by atoms with van der Waals surface area (Å²) in [5, 5.41) is 10.9. The second kappa shape index (κ2) is 13.4. The van der Waals surface area contributed by atoms with Gasteiger partial charge in [-0.25, -0.2) is 0 Å². The molecule has 0 unspecified atom stereocenters. The van der Waals surface area contributed by atoms with Crippen molar-refractivity contribution in [1.82, 2.24) is 14.4 Å². The summed E-state index contributed by atoms with van der Waals surface area (Å²) in [6, 6.07) is 9.38. The van der Waals surface area contributed by atoms with Gasteiger partial charge in [-0.2, -0.15) is 0 Å². The highest BCUT2D eigenvalue weighted by atomic mass is 16.6. The highest BCUT2D eigenvalue weighted by Gasteiger charge is 2.23. The summed E-state index contributed by atoms with van der Waals surface area (Å²) in [5.74, 6) is -0.458. The van der Waals surface area contributed by atoms with E-state index in [1.807, 2.05) is 36.9 Å². The smallest absolute Gasteiger partial charge is 0.269 e. The number of rotatable bonds is 14. The number of nitrogens with zero attached hydrogens (tertiary/aromatic N) is 4. The molecule has 33 heavy (non-hydrogen) atoms. The number of benzene rings is 1. The van der Waals surface area contributed by atoms with Gasteiger partial charge in [-0.1, -0.05) is 13.3 Å². The van der Waals surface area contributed by atoms with Crippen LogP contribution in [-0.4, -0.2) is 64.0 Å². The SMILES string of the molecule is CCCCN(Cc1cccn1C)C(=O)CN(CCCOCC)C(=O)c1ccc([N+](=O)[O-])cc1. The van der Waals surface area contributed by atoms with Crippen LogP contribution in [0.25, 0.3) is 0 Å². The third-order valence-corrected chi connectivity index (χ3v) is 5.40. The highest BCUT2D eigenvalue weighted by molar-refractivity contribution is 5.96. The maximum Gasteiger partial charge on any atom is 0.269 e. The van der Waals surface area contributed by atoms with E-state index >= 15 is 0 Å². The molecule has 9 nitrogen and oxygen atoms in total. The van der Waals surface area contributed by atoms with E-state index in [0.717, 1.165) is 18.5 Å². The molecule has 180 valence electrons. The molecule has 0 fully saturated rings. The van der Waals surface area contributed by atoms with Crippen molar-refractivity contribution in [2.45, 2.75) is 39.7 Å². The first-order chi connectivity index (χ1) is 15.9. The number of amides is 2. The largest absolute Gasteiger partial charge is 0.382 e. The monoisotopic (exact) mass is 458 g/mol. The molecule has 0 aliphatic rings. The van der Waals surface area contributed by atoms with Crippen LogP contribution in [0.5, 0.6) is 0 Å². The normalized spacial score (nSPS) is 10.8. The van der Waals surface area contributed by atoms with E-state index in [2.05, 4.69) is 6.92 Å². The zero-order valence-corrected chi connectivity index (χ0v) is 19.7. The van der Waals surface area contributed by atoms with Crippen LogP contribution in [0.4, 0.5) is 5.69 Å². The Hall–Kier alpha value is -3.20.